The lowest BCUT2D eigenvalue weighted by molar-refractivity contribution is -0.148. The highest BCUT2D eigenvalue weighted by atomic mass is 19.2. The Hall–Kier alpha value is -7.48. The number of aldehydes is 1. The minimum absolute atomic E-state index is 0.0152. The van der Waals surface area contributed by atoms with Gasteiger partial charge in [-0.2, -0.15) is 5.10 Å². The maximum atomic E-state index is 15.9. The summed E-state index contributed by atoms with van der Waals surface area (Å²) >= 11 is 0. The molecule has 0 saturated carbocycles. The van der Waals surface area contributed by atoms with E-state index in [1.807, 2.05) is 26.8 Å². The number of aryl methyl sites for hydroxylation is 1. The topological polar surface area (TPSA) is 258 Å². The highest BCUT2D eigenvalue weighted by Gasteiger charge is 2.41. The SMILES string of the molecule is CCC(C)c1cc(C(=O)O)c(=O)n2cc(F)c(N3CCC(N/N=C/c4c(NF)c(O)c5c(O)c(C)c6c(c5c4O)C(=O)C(O/C=C/CCC(CC(O)CCC(C)/C=C/C=C(/C)C=O)OC(C)=O)O6)C3)c(C)c12. The first kappa shape index (κ1) is 53.9. The molecular weight excluding hydrogens is 941 g/mol. The number of phenolic OH excluding ortho intramolecular Hbond substituents is 3. The van der Waals surface area contributed by atoms with Crippen molar-refractivity contribution in [1.29, 1.82) is 0 Å². The van der Waals surface area contributed by atoms with Crippen molar-refractivity contribution in [2.45, 2.75) is 124 Å². The molecule has 386 valence electrons. The fraction of sp³-hybridized carbons (Fsp3) is 0.423. The van der Waals surface area contributed by atoms with Gasteiger partial charge in [-0.15, -0.1) is 4.48 Å². The van der Waals surface area contributed by atoms with Gasteiger partial charge in [0.1, 0.15) is 40.9 Å². The van der Waals surface area contributed by atoms with E-state index in [1.165, 1.54) is 31.7 Å². The minimum atomic E-state index is -1.61. The Morgan fingerprint density at radius 1 is 1.06 bits per heavy atom. The number of esters is 1. The third kappa shape index (κ3) is 11.3. The second-order valence-corrected chi connectivity index (χ2v) is 18.4. The van der Waals surface area contributed by atoms with Crippen LogP contribution in [0.25, 0.3) is 16.3 Å². The Bertz CT molecular complexity index is 2950. The smallest absolute Gasteiger partial charge is 0.341 e. The number of phenols is 3. The Morgan fingerprint density at radius 2 is 1.79 bits per heavy atom. The van der Waals surface area contributed by atoms with Gasteiger partial charge in [0.15, 0.2) is 11.6 Å². The monoisotopic (exact) mass is 1000 g/mol. The molecule has 0 amide bonds. The molecule has 2 aromatic carbocycles. The van der Waals surface area contributed by atoms with Crippen molar-refractivity contribution in [3.8, 4) is 23.0 Å². The van der Waals surface area contributed by atoms with E-state index in [-0.39, 0.29) is 52.8 Å². The van der Waals surface area contributed by atoms with Crippen LogP contribution in [0, 0.1) is 25.6 Å². The maximum absolute atomic E-state index is 15.9. The molecule has 6 unspecified atom stereocenters. The summed E-state index contributed by atoms with van der Waals surface area (Å²) in [6, 6.07) is 0.913. The lowest BCUT2D eigenvalue weighted by Gasteiger charge is -2.25. The van der Waals surface area contributed by atoms with Crippen LogP contribution in [0.15, 0.2) is 58.3 Å². The fourth-order valence-electron chi connectivity index (χ4n) is 9.19. The number of aliphatic hydroxyl groups excluding tert-OH is 1. The van der Waals surface area contributed by atoms with Crippen LogP contribution in [-0.2, 0) is 19.1 Å². The van der Waals surface area contributed by atoms with Crippen LogP contribution < -0.4 is 26.2 Å². The number of allylic oxidation sites excluding steroid dienone is 5. The summed E-state index contributed by atoms with van der Waals surface area (Å²) in [6.07, 6.45) is 10.9. The van der Waals surface area contributed by atoms with Gasteiger partial charge in [0.05, 0.1) is 58.5 Å². The number of hydrazone groups is 1. The lowest BCUT2D eigenvalue weighted by atomic mass is 9.93. The number of carboxylic acid groups (broad SMARTS) is 1. The van der Waals surface area contributed by atoms with E-state index >= 15 is 4.39 Å². The first-order valence-electron chi connectivity index (χ1n) is 23.7. The molecular formula is C52H61F2N5O13. The molecule has 0 aliphatic carbocycles. The molecule has 1 fully saturated rings. The molecule has 0 bridgehead atoms. The largest absolute Gasteiger partial charge is 0.507 e. The minimum Gasteiger partial charge on any atom is -0.507 e. The molecule has 1 saturated heterocycles. The number of rotatable bonds is 22. The van der Waals surface area contributed by atoms with Gasteiger partial charge in [-0.25, -0.2) is 14.7 Å². The number of carboxylic acids is 1. The number of hydrogen-bond donors (Lipinski definition) is 7. The quantitative estimate of drug-likeness (QED) is 0.00375. The number of aromatic hydroxyl groups is 3. The molecule has 18 nitrogen and oxygen atoms in total. The van der Waals surface area contributed by atoms with E-state index < -0.39 is 93.1 Å². The number of ether oxygens (including phenoxy) is 3. The van der Waals surface area contributed by atoms with E-state index in [0.717, 1.165) is 23.1 Å². The number of Topliss-reactive ketones (excluding diaryl/α,β-unsaturated/α-hetero) is 1. The number of nitrogens with zero attached hydrogens (tertiary/aromatic N) is 3. The second-order valence-electron chi connectivity index (χ2n) is 18.4. The van der Waals surface area contributed by atoms with Crippen molar-refractivity contribution in [2.75, 3.05) is 23.5 Å². The third-order valence-electron chi connectivity index (χ3n) is 13.2. The van der Waals surface area contributed by atoms with Crippen molar-refractivity contribution in [3.05, 3.63) is 98.0 Å². The van der Waals surface area contributed by atoms with Crippen LogP contribution in [0.3, 0.4) is 0 Å². The average molecular weight is 1000 g/mol. The Labute approximate surface area is 413 Å². The summed E-state index contributed by atoms with van der Waals surface area (Å²) in [4.78, 5) is 63.4. The third-order valence-corrected chi connectivity index (χ3v) is 13.2. The first-order chi connectivity index (χ1) is 34.2. The number of aliphatic hydroxyl groups is 1. The molecule has 6 rings (SSSR count). The zero-order chi connectivity index (χ0) is 52.7. The standard InChI is InChI=1S/C52H61F2N5O13/c1-8-28(4)35-21-36(51(68)69)50(67)59-24-38(53)44(29(5)43(35)59)58-18-17-32(23-58)57-55-22-37-42(56-54)47(65)40-39(46(37)64)41-48(66)52(72-49(41)30(6)45(40)63)70-19-10-9-14-34(71-31(7)61)20-33(62)16-15-26(2)12-11-13-27(3)25-60/h10-13,19,21-22,24-26,28,32-34,52,56-57,62-65H,8-9,14-18,20,23H2,1-7H3,(H,68,69)/b12-11+,19-10+,27-13-,55-22+. The highest BCUT2D eigenvalue weighted by molar-refractivity contribution is 6.21. The molecule has 6 atom stereocenters. The number of hydrogen-bond acceptors (Lipinski definition) is 16. The van der Waals surface area contributed by atoms with Crippen LogP contribution in [0.2, 0.25) is 0 Å². The van der Waals surface area contributed by atoms with Crippen LogP contribution in [0.1, 0.15) is 128 Å². The number of benzene rings is 2. The van der Waals surface area contributed by atoms with Gasteiger partial charge in [0.25, 0.3) is 5.56 Å². The van der Waals surface area contributed by atoms with E-state index in [1.54, 1.807) is 37.0 Å². The number of carbonyl (C=O) groups is 4. The van der Waals surface area contributed by atoms with Gasteiger partial charge in [-0.3, -0.25) is 23.6 Å². The summed E-state index contributed by atoms with van der Waals surface area (Å²) in [5, 5.41) is 58.1. The van der Waals surface area contributed by atoms with Gasteiger partial charge < -0.3 is 50.1 Å². The van der Waals surface area contributed by atoms with Gasteiger partial charge >= 0.3 is 18.2 Å². The number of aromatic carboxylic acids is 1. The maximum Gasteiger partial charge on any atom is 0.341 e. The molecule has 7 N–H and O–H groups in total. The molecule has 72 heavy (non-hydrogen) atoms. The van der Waals surface area contributed by atoms with Crippen molar-refractivity contribution in [3.63, 3.8) is 0 Å². The number of anilines is 2. The molecule has 2 aliphatic rings. The van der Waals surface area contributed by atoms with Gasteiger partial charge in [0.2, 0.25) is 5.78 Å². The normalized spacial score (nSPS) is 17.7. The molecule has 4 heterocycles. The van der Waals surface area contributed by atoms with Gasteiger partial charge in [0, 0.05) is 37.4 Å². The van der Waals surface area contributed by atoms with Crippen molar-refractivity contribution in [1.82, 2.24) is 9.83 Å². The van der Waals surface area contributed by atoms with Gasteiger partial charge in [-0.05, 0) is 100.0 Å². The van der Waals surface area contributed by atoms with Crippen LogP contribution >= 0.6 is 0 Å². The number of nitrogens with one attached hydrogen (secondary N) is 2. The number of halogens is 2. The Balaban J connectivity index is 1.16. The van der Waals surface area contributed by atoms with Crippen LogP contribution in [0.5, 0.6) is 23.0 Å². The Kier molecular flexibility index (Phi) is 17.3. The summed E-state index contributed by atoms with van der Waals surface area (Å²) in [5.41, 5.74) is 3.79. The zero-order valence-electron chi connectivity index (χ0n) is 41.1. The Morgan fingerprint density at radius 3 is 2.46 bits per heavy atom. The van der Waals surface area contributed by atoms with Crippen molar-refractivity contribution < 1.29 is 67.8 Å². The summed E-state index contributed by atoms with van der Waals surface area (Å²) in [6.45, 7) is 12.3. The lowest BCUT2D eigenvalue weighted by Crippen LogP contribution is -2.31. The molecule has 4 aromatic rings. The predicted octanol–water partition coefficient (Wildman–Crippen LogP) is 8.05. The van der Waals surface area contributed by atoms with Crippen LogP contribution in [-0.4, -0.2) is 97.8 Å². The summed E-state index contributed by atoms with van der Waals surface area (Å²) < 4.78 is 48.4. The number of pyridine rings is 2. The molecule has 20 heteroatoms. The van der Waals surface area contributed by atoms with Crippen molar-refractivity contribution in [2.24, 2.45) is 11.0 Å². The van der Waals surface area contributed by atoms with Gasteiger partial charge in [-0.1, -0.05) is 39.0 Å². The number of aromatic nitrogens is 1. The fourth-order valence-corrected chi connectivity index (χ4v) is 9.19. The average Bonchev–Trinajstić information content (AvgIpc) is 3.94. The number of fused-ring (bicyclic) bond motifs is 4. The number of ketones is 1. The summed E-state index contributed by atoms with van der Waals surface area (Å²) in [7, 11) is 0. The van der Waals surface area contributed by atoms with E-state index in [4.69, 9.17) is 14.2 Å². The highest BCUT2D eigenvalue weighted by Crippen LogP contribution is 2.53. The predicted molar refractivity (Wildman–Crippen MR) is 266 cm³/mol. The van der Waals surface area contributed by atoms with Crippen LogP contribution in [0.4, 0.5) is 20.2 Å². The molecule has 0 radical (unpaired) electrons. The second kappa shape index (κ2) is 23.2. The zero-order valence-corrected chi connectivity index (χ0v) is 41.1. The summed E-state index contributed by atoms with van der Waals surface area (Å²) in [5.74, 6) is -5.90. The molecule has 2 aliphatic heterocycles. The molecule has 0 spiro atoms. The number of carbonyl (C=O) groups excluding carboxylic acids is 3. The van der Waals surface area contributed by atoms with E-state index in [0.29, 0.717) is 67.3 Å². The first-order valence-corrected chi connectivity index (χ1v) is 23.7. The van der Waals surface area contributed by atoms with E-state index in [9.17, 15) is 54.0 Å². The van der Waals surface area contributed by atoms with Crippen molar-refractivity contribution >= 4 is 57.9 Å². The van der Waals surface area contributed by atoms with E-state index in [2.05, 4.69) is 10.5 Å². The molecule has 2 aromatic heterocycles.